The number of carbonyl (C=O) groups is 2. The van der Waals surface area contributed by atoms with Gasteiger partial charge in [-0.1, -0.05) is 0 Å². The number of ether oxygens (including phenoxy) is 1. The third-order valence-electron chi connectivity index (χ3n) is 5.19. The van der Waals surface area contributed by atoms with Gasteiger partial charge in [0, 0.05) is 0 Å². The van der Waals surface area contributed by atoms with Gasteiger partial charge in [-0.2, -0.15) is 0 Å². The van der Waals surface area contributed by atoms with Gasteiger partial charge in [-0.25, -0.2) is 0 Å². The maximum absolute atomic E-state index is 12.0. The van der Waals surface area contributed by atoms with Crippen LogP contribution in [-0.4, -0.2) is 79.3 Å². The first-order valence-corrected chi connectivity index (χ1v) is 13.1. The van der Waals surface area contributed by atoms with Gasteiger partial charge in [0.15, 0.2) is 0 Å². The molecule has 0 atom stereocenters. The summed E-state index contributed by atoms with van der Waals surface area (Å²) in [6, 6.07) is 15.6. The number of amides is 3. The molecule has 1 aliphatic heterocycles. The molecule has 11 nitrogen and oxygen atoms in total. The Balaban J connectivity index is 1.47. The minimum absolute atomic E-state index is 0.0151. The molecular weight excluding hydrogens is 523 g/mol. The Labute approximate surface area is 216 Å². The van der Waals surface area contributed by atoms with E-state index in [-0.39, 0.29) is 12.5 Å². The van der Waals surface area contributed by atoms with Gasteiger partial charge in [0.05, 0.1) is 0 Å². The van der Waals surface area contributed by atoms with Gasteiger partial charge in [-0.15, -0.1) is 0 Å². The van der Waals surface area contributed by atoms with Gasteiger partial charge in [-0.3, -0.25) is 0 Å². The number of nitrogens with one attached hydrogen (secondary N) is 3. The van der Waals surface area contributed by atoms with Gasteiger partial charge < -0.3 is 0 Å². The number of anilines is 2. The number of benzene rings is 2. The first kappa shape index (κ1) is 25.4. The molecule has 1 aromatic heterocycles. The second kappa shape index (κ2) is 11.8. The van der Waals surface area contributed by atoms with Crippen LogP contribution in [0.25, 0.3) is 0 Å². The molecule has 0 saturated carbocycles. The van der Waals surface area contributed by atoms with Crippen molar-refractivity contribution >= 4 is 44.4 Å². The van der Waals surface area contributed by atoms with Gasteiger partial charge in [0.25, 0.3) is 0 Å². The molecule has 0 unspecified atom stereocenters. The third kappa shape index (κ3) is 7.16. The fraction of sp³-hybridized carbons (Fsp3) is 0.292. The molecule has 36 heavy (non-hydrogen) atoms. The monoisotopic (exact) mass is 551 g/mol. The number of hydrogen-bond donors (Lipinski definition) is 3. The van der Waals surface area contributed by atoms with Crippen LogP contribution in [0.4, 0.5) is 16.7 Å². The molecule has 187 valence electrons. The zero-order valence-corrected chi connectivity index (χ0v) is 22.2. The number of nitrogens with zero attached hydrogens (tertiary/aromatic N) is 5. The summed E-state index contributed by atoms with van der Waals surface area (Å²) in [6.45, 7) is 1.92. The minimum atomic E-state index is -0.919. The number of hydrogen-bond acceptors (Lipinski definition) is 9. The van der Waals surface area contributed by atoms with Crippen molar-refractivity contribution in [1.29, 1.82) is 0 Å². The number of urea groups is 1. The normalized spacial score (nSPS) is 13.5. The van der Waals surface area contributed by atoms with Gasteiger partial charge in [0.1, 0.15) is 0 Å². The second-order valence-electron chi connectivity index (χ2n) is 8.40. The van der Waals surface area contributed by atoms with E-state index < -0.39 is 22.0 Å². The van der Waals surface area contributed by atoms with Crippen molar-refractivity contribution in [2.24, 2.45) is 0 Å². The van der Waals surface area contributed by atoms with E-state index in [0.717, 1.165) is 23.4 Å². The van der Waals surface area contributed by atoms with Crippen LogP contribution in [0.3, 0.4) is 0 Å². The number of imide groups is 1. The van der Waals surface area contributed by atoms with Crippen molar-refractivity contribution in [3.8, 4) is 5.75 Å². The maximum atomic E-state index is 12.0. The summed E-state index contributed by atoms with van der Waals surface area (Å²) in [7, 11) is 5.71. The van der Waals surface area contributed by atoms with E-state index in [4.69, 9.17) is 4.74 Å². The zero-order valence-electron chi connectivity index (χ0n) is 20.4. The molecule has 4 rings (SSSR count). The van der Waals surface area contributed by atoms with Crippen LogP contribution in [0, 0.1) is 0 Å². The van der Waals surface area contributed by atoms with Crippen molar-refractivity contribution in [3.05, 3.63) is 65.2 Å². The van der Waals surface area contributed by atoms with Crippen molar-refractivity contribution < 1.29 is 14.3 Å². The van der Waals surface area contributed by atoms with Crippen molar-refractivity contribution in [3.63, 3.8) is 0 Å². The molecule has 1 fully saturated rings. The van der Waals surface area contributed by atoms with Crippen molar-refractivity contribution in [1.82, 2.24) is 29.0 Å². The quantitative estimate of drug-likeness (QED) is 0.236. The molecule has 3 N–H and O–H groups in total. The van der Waals surface area contributed by atoms with Crippen LogP contribution in [0.1, 0.15) is 16.7 Å². The summed E-state index contributed by atoms with van der Waals surface area (Å²) < 4.78 is 7.13. The molecular formula is C24H28AsN8O3. The summed E-state index contributed by atoms with van der Waals surface area (Å²) >= 11 is -0.919. The zero-order chi connectivity index (χ0) is 25.5. The Morgan fingerprint density at radius 3 is 1.97 bits per heavy atom. The fourth-order valence-corrected chi connectivity index (χ4v) is 5.17. The Morgan fingerprint density at radius 1 is 0.917 bits per heavy atom. The Kier molecular flexibility index (Phi) is 8.35. The van der Waals surface area contributed by atoms with E-state index in [1.807, 2.05) is 38.4 Å². The molecule has 3 aromatic rings. The summed E-state index contributed by atoms with van der Waals surface area (Å²) in [6.07, 6.45) is 0. The summed E-state index contributed by atoms with van der Waals surface area (Å²) in [5.74, 6) is 1.25. The Hall–Kier alpha value is -3.69. The van der Waals surface area contributed by atoms with Crippen molar-refractivity contribution in [2.75, 3.05) is 38.4 Å². The van der Waals surface area contributed by atoms with Crippen molar-refractivity contribution in [2.45, 2.75) is 19.6 Å². The van der Waals surface area contributed by atoms with Gasteiger partial charge in [-0.05, 0) is 0 Å². The molecule has 3 amide bonds. The topological polar surface area (TPSA) is 125 Å². The van der Waals surface area contributed by atoms with Crippen LogP contribution in [0.2, 0.25) is 0 Å². The molecule has 1 radical (unpaired) electrons. The van der Waals surface area contributed by atoms with Crippen LogP contribution in [-0.2, 0) is 24.4 Å². The number of aromatic nitrogens is 3. The summed E-state index contributed by atoms with van der Waals surface area (Å²) in [4.78, 5) is 39.3. The summed E-state index contributed by atoms with van der Waals surface area (Å²) in [5, 5.41) is 8.78. The van der Waals surface area contributed by atoms with Crippen LogP contribution in [0.5, 0.6) is 5.75 Å². The van der Waals surface area contributed by atoms with E-state index in [2.05, 4.69) is 60.1 Å². The number of methoxy groups -OCH3 is 1. The van der Waals surface area contributed by atoms with Crippen LogP contribution in [0.15, 0.2) is 48.5 Å². The first-order chi connectivity index (χ1) is 17.4. The number of carbonyl (C=O) groups excluding carboxylic acids is 2. The molecule has 12 heteroatoms. The SMILES string of the molecule is COc1ccc(CNc2nc(NCc3ccc(CN(C)C)cc3)nc([As]N3CC(=O)NC3=O)n2)cc1. The van der Waals surface area contributed by atoms with Gasteiger partial charge >= 0.3 is 217 Å². The van der Waals surface area contributed by atoms with E-state index >= 15 is 0 Å². The average molecular weight is 551 g/mol. The number of rotatable bonds is 11. The molecule has 1 saturated heterocycles. The predicted octanol–water partition coefficient (Wildman–Crippen LogP) is 0.962. The molecule has 2 heterocycles. The molecule has 0 spiro atoms. The third-order valence-corrected chi connectivity index (χ3v) is 7.17. The second-order valence-corrected chi connectivity index (χ2v) is 10.7. The van der Waals surface area contributed by atoms with E-state index in [9.17, 15) is 9.59 Å². The molecule has 1 aliphatic rings. The molecule has 2 aromatic carbocycles. The van der Waals surface area contributed by atoms with Gasteiger partial charge in [0.2, 0.25) is 0 Å². The van der Waals surface area contributed by atoms with E-state index in [1.165, 1.54) is 9.38 Å². The molecule has 0 aliphatic carbocycles. The van der Waals surface area contributed by atoms with Crippen LogP contribution >= 0.6 is 0 Å². The summed E-state index contributed by atoms with van der Waals surface area (Å²) in [5.41, 5.74) is 3.35. The Bertz CT molecular complexity index is 1200. The predicted molar refractivity (Wildman–Crippen MR) is 137 cm³/mol. The standard InChI is InChI=1S/C24H28AsN8O3/c1-32(2)14-18-6-4-16(5-7-18)12-26-22-29-21(25-33-15-20(34)28-24(33)35)30-23(31-22)27-13-17-8-10-19(36-3)11-9-17/h4-11H,12-15H2,1-3H3,(H,28,34,35)(H2,26,27,29,30,31). The Morgan fingerprint density at radius 2 is 1.47 bits per heavy atom. The first-order valence-electron chi connectivity index (χ1n) is 11.3. The fourth-order valence-electron chi connectivity index (χ4n) is 3.42. The van der Waals surface area contributed by atoms with E-state index in [1.54, 1.807) is 7.11 Å². The van der Waals surface area contributed by atoms with Crippen LogP contribution < -0.4 is 25.3 Å². The van der Waals surface area contributed by atoms with E-state index in [0.29, 0.717) is 29.6 Å². The average Bonchev–Trinajstić information content (AvgIpc) is 3.18. The molecule has 0 bridgehead atoms.